The zero-order valence-corrected chi connectivity index (χ0v) is 12.3. The number of benzene rings is 1. The molecule has 0 heterocycles. The summed E-state index contributed by atoms with van der Waals surface area (Å²) in [6.07, 6.45) is 0. The highest BCUT2D eigenvalue weighted by Gasteiger charge is 2.12. The van der Waals surface area contributed by atoms with Crippen LogP contribution >= 0.6 is 27.7 Å². The van der Waals surface area contributed by atoms with E-state index in [0.717, 1.165) is 9.37 Å². The Morgan fingerprint density at radius 2 is 1.72 bits per heavy atom. The normalized spacial score (nSPS) is 10.4. The molecule has 0 radical (unpaired) electrons. The molecule has 0 unspecified atom stereocenters. The second-order valence-electron chi connectivity index (χ2n) is 3.57. The van der Waals surface area contributed by atoms with E-state index in [1.165, 1.54) is 16.7 Å². The van der Waals surface area contributed by atoms with E-state index in [-0.39, 0.29) is 32.2 Å². The molecule has 0 saturated carbocycles. The van der Waals surface area contributed by atoms with Gasteiger partial charge in [0.1, 0.15) is 0 Å². The SMILES string of the molecule is O=C(CSc1ccc(Br)cc1)N(CCO)CCO. The summed E-state index contributed by atoms with van der Waals surface area (Å²) in [5.41, 5.74) is 0. The van der Waals surface area contributed by atoms with Crippen LogP contribution in [0.25, 0.3) is 0 Å². The van der Waals surface area contributed by atoms with Crippen LogP contribution in [0.1, 0.15) is 0 Å². The van der Waals surface area contributed by atoms with E-state index in [1.807, 2.05) is 24.3 Å². The van der Waals surface area contributed by atoms with Crippen molar-refractivity contribution in [2.75, 3.05) is 32.1 Å². The van der Waals surface area contributed by atoms with Gasteiger partial charge in [0.15, 0.2) is 0 Å². The summed E-state index contributed by atoms with van der Waals surface area (Å²) in [5.74, 6) is 0.229. The summed E-state index contributed by atoms with van der Waals surface area (Å²) in [6, 6.07) is 7.72. The van der Waals surface area contributed by atoms with Crippen LogP contribution in [-0.4, -0.2) is 53.1 Å². The molecule has 100 valence electrons. The summed E-state index contributed by atoms with van der Waals surface area (Å²) in [7, 11) is 0. The van der Waals surface area contributed by atoms with Gasteiger partial charge in [0, 0.05) is 22.5 Å². The van der Waals surface area contributed by atoms with Crippen molar-refractivity contribution in [1.29, 1.82) is 0 Å². The lowest BCUT2D eigenvalue weighted by Gasteiger charge is -2.20. The van der Waals surface area contributed by atoms with Crippen molar-refractivity contribution in [2.45, 2.75) is 4.90 Å². The fourth-order valence-electron chi connectivity index (χ4n) is 1.37. The van der Waals surface area contributed by atoms with Crippen molar-refractivity contribution in [3.05, 3.63) is 28.7 Å². The van der Waals surface area contributed by atoms with Gasteiger partial charge < -0.3 is 15.1 Å². The Hall–Kier alpha value is -0.560. The molecule has 0 atom stereocenters. The van der Waals surface area contributed by atoms with Crippen LogP contribution in [0.2, 0.25) is 0 Å². The fourth-order valence-corrected chi connectivity index (χ4v) is 2.44. The van der Waals surface area contributed by atoms with Gasteiger partial charge in [0.25, 0.3) is 0 Å². The maximum absolute atomic E-state index is 11.8. The zero-order chi connectivity index (χ0) is 13.4. The minimum atomic E-state index is -0.0886. The van der Waals surface area contributed by atoms with Gasteiger partial charge >= 0.3 is 0 Å². The minimum absolute atomic E-state index is 0.0778. The van der Waals surface area contributed by atoms with Gasteiger partial charge in [-0.3, -0.25) is 4.79 Å². The number of halogens is 1. The highest BCUT2D eigenvalue weighted by atomic mass is 79.9. The molecule has 2 N–H and O–H groups in total. The molecule has 0 bridgehead atoms. The molecular formula is C12H16BrNO3S. The number of carbonyl (C=O) groups excluding carboxylic acids is 1. The van der Waals surface area contributed by atoms with Gasteiger partial charge in [-0.25, -0.2) is 0 Å². The first-order valence-electron chi connectivity index (χ1n) is 5.55. The molecule has 0 aliphatic carbocycles. The first-order chi connectivity index (χ1) is 8.67. The van der Waals surface area contributed by atoms with E-state index in [1.54, 1.807) is 0 Å². The molecule has 6 heteroatoms. The van der Waals surface area contributed by atoms with E-state index < -0.39 is 0 Å². The number of amides is 1. The van der Waals surface area contributed by atoms with Gasteiger partial charge in [-0.15, -0.1) is 11.8 Å². The highest BCUT2D eigenvalue weighted by molar-refractivity contribution is 9.10. The summed E-state index contributed by atoms with van der Waals surface area (Å²) < 4.78 is 1.00. The Balaban J connectivity index is 2.45. The smallest absolute Gasteiger partial charge is 0.233 e. The first kappa shape index (κ1) is 15.5. The zero-order valence-electron chi connectivity index (χ0n) is 9.88. The van der Waals surface area contributed by atoms with Crippen molar-refractivity contribution >= 4 is 33.6 Å². The monoisotopic (exact) mass is 333 g/mol. The van der Waals surface area contributed by atoms with E-state index in [0.29, 0.717) is 5.75 Å². The predicted molar refractivity (Wildman–Crippen MR) is 75.6 cm³/mol. The second-order valence-corrected chi connectivity index (χ2v) is 5.54. The van der Waals surface area contributed by atoms with E-state index in [4.69, 9.17) is 10.2 Å². The number of hydrogen-bond donors (Lipinski definition) is 2. The van der Waals surface area contributed by atoms with Crippen molar-refractivity contribution in [3.63, 3.8) is 0 Å². The number of aliphatic hydroxyl groups excluding tert-OH is 2. The third-order valence-corrected chi connectivity index (χ3v) is 3.79. The number of rotatable bonds is 7. The average Bonchev–Trinajstić information content (AvgIpc) is 2.37. The van der Waals surface area contributed by atoms with Crippen LogP contribution in [0, 0.1) is 0 Å². The molecule has 4 nitrogen and oxygen atoms in total. The minimum Gasteiger partial charge on any atom is -0.395 e. The number of thioether (sulfide) groups is 1. The maximum atomic E-state index is 11.8. The summed E-state index contributed by atoms with van der Waals surface area (Å²) in [5, 5.41) is 17.7. The predicted octanol–water partition coefficient (Wildman–Crippen LogP) is 1.35. The van der Waals surface area contributed by atoms with Gasteiger partial charge in [-0.05, 0) is 24.3 Å². The van der Waals surface area contributed by atoms with Crippen LogP contribution in [0.3, 0.4) is 0 Å². The van der Waals surface area contributed by atoms with Gasteiger partial charge in [0.2, 0.25) is 5.91 Å². The molecule has 1 aromatic carbocycles. The topological polar surface area (TPSA) is 60.8 Å². The van der Waals surface area contributed by atoms with Crippen LogP contribution < -0.4 is 0 Å². The van der Waals surface area contributed by atoms with Crippen LogP contribution in [-0.2, 0) is 4.79 Å². The lowest BCUT2D eigenvalue weighted by Crippen LogP contribution is -2.37. The Morgan fingerprint density at radius 3 is 2.22 bits per heavy atom. The third-order valence-electron chi connectivity index (χ3n) is 2.27. The van der Waals surface area contributed by atoms with E-state index >= 15 is 0 Å². The quantitative estimate of drug-likeness (QED) is 0.739. The average molecular weight is 334 g/mol. The molecule has 1 rings (SSSR count). The van der Waals surface area contributed by atoms with Crippen molar-refractivity contribution in [3.8, 4) is 0 Å². The number of hydrogen-bond acceptors (Lipinski definition) is 4. The third kappa shape index (κ3) is 5.39. The molecule has 0 fully saturated rings. The van der Waals surface area contributed by atoms with Gasteiger partial charge in [0.05, 0.1) is 19.0 Å². The van der Waals surface area contributed by atoms with Crippen LogP contribution in [0.4, 0.5) is 0 Å². The highest BCUT2D eigenvalue weighted by Crippen LogP contribution is 2.20. The number of aliphatic hydroxyl groups is 2. The summed E-state index contributed by atoms with van der Waals surface area (Å²) in [6.45, 7) is 0.351. The Labute approximate surface area is 119 Å². The van der Waals surface area contributed by atoms with Gasteiger partial charge in [-0.1, -0.05) is 15.9 Å². The standard InChI is InChI=1S/C12H16BrNO3S/c13-10-1-3-11(4-2-10)18-9-12(17)14(5-7-15)6-8-16/h1-4,15-16H,5-9H2. The first-order valence-corrected chi connectivity index (χ1v) is 7.33. The molecule has 18 heavy (non-hydrogen) atoms. The summed E-state index contributed by atoms with van der Waals surface area (Å²) >= 11 is 4.79. The molecular weight excluding hydrogens is 318 g/mol. The fraction of sp³-hybridized carbons (Fsp3) is 0.417. The molecule has 0 aliphatic heterocycles. The Kier molecular flexibility index (Phi) is 7.34. The molecule has 0 saturated heterocycles. The molecule has 1 aromatic rings. The van der Waals surface area contributed by atoms with Gasteiger partial charge in [-0.2, -0.15) is 0 Å². The van der Waals surface area contributed by atoms with E-state index in [2.05, 4.69) is 15.9 Å². The lowest BCUT2D eigenvalue weighted by molar-refractivity contribution is -0.129. The Morgan fingerprint density at radius 1 is 1.17 bits per heavy atom. The van der Waals surface area contributed by atoms with Crippen molar-refractivity contribution in [1.82, 2.24) is 4.90 Å². The van der Waals surface area contributed by atoms with E-state index in [9.17, 15) is 4.79 Å². The number of carbonyl (C=O) groups is 1. The number of nitrogens with zero attached hydrogens (tertiary/aromatic N) is 1. The van der Waals surface area contributed by atoms with Crippen molar-refractivity contribution in [2.24, 2.45) is 0 Å². The molecule has 1 amide bonds. The maximum Gasteiger partial charge on any atom is 0.233 e. The van der Waals surface area contributed by atoms with Crippen molar-refractivity contribution < 1.29 is 15.0 Å². The van der Waals surface area contributed by atoms with Crippen LogP contribution in [0.15, 0.2) is 33.6 Å². The summed E-state index contributed by atoms with van der Waals surface area (Å²) in [4.78, 5) is 14.3. The lowest BCUT2D eigenvalue weighted by atomic mass is 10.4. The second kappa shape index (κ2) is 8.53. The molecule has 0 spiro atoms. The molecule has 0 aromatic heterocycles. The Bertz CT molecular complexity index is 366. The molecule has 0 aliphatic rings. The van der Waals surface area contributed by atoms with Crippen LogP contribution in [0.5, 0.6) is 0 Å². The largest absolute Gasteiger partial charge is 0.395 e.